The van der Waals surface area contributed by atoms with Crippen molar-refractivity contribution in [1.29, 1.82) is 0 Å². The number of benzene rings is 2. The van der Waals surface area contributed by atoms with Gasteiger partial charge in [-0.05, 0) is 0 Å². The van der Waals surface area contributed by atoms with Crippen molar-refractivity contribution >= 4 is 8.07 Å². The predicted octanol–water partition coefficient (Wildman–Crippen LogP) is 1.62. The van der Waals surface area contributed by atoms with Gasteiger partial charge in [0.25, 0.3) is 0 Å². The average Bonchev–Trinajstić information content (AvgIpc) is 2.68. The van der Waals surface area contributed by atoms with E-state index in [0.29, 0.717) is 6.04 Å². The maximum absolute atomic E-state index is 2.49. The Morgan fingerprint density at radius 3 is 2.18 bits per heavy atom. The maximum atomic E-state index is 2.49. The molecular weight excluding hydrogens is 397 g/mol. The minimum atomic E-state index is -1.14. The SMILES string of the molecule is C[N@@+]1(C[Si](C)(C)C)Cc2ccccc2[C@@H]1c1ccccc1.[I-]. The molecule has 22 heavy (non-hydrogen) atoms. The molecular formula is C19H26INSi. The Bertz CT molecular complexity index is 635. The summed E-state index contributed by atoms with van der Waals surface area (Å²) in [6.07, 6.45) is 1.32. The van der Waals surface area contributed by atoms with Gasteiger partial charge in [0.15, 0.2) is 0 Å². The van der Waals surface area contributed by atoms with Crippen LogP contribution < -0.4 is 24.0 Å². The minimum Gasteiger partial charge on any atom is -1.00 e. The van der Waals surface area contributed by atoms with Gasteiger partial charge >= 0.3 is 0 Å². The van der Waals surface area contributed by atoms with Gasteiger partial charge in [-0.1, -0.05) is 74.2 Å². The lowest BCUT2D eigenvalue weighted by atomic mass is 9.97. The molecule has 3 heteroatoms. The van der Waals surface area contributed by atoms with Crippen LogP contribution in [0.25, 0.3) is 0 Å². The molecule has 1 heterocycles. The van der Waals surface area contributed by atoms with Crippen LogP contribution in [0.2, 0.25) is 19.6 Å². The van der Waals surface area contributed by atoms with Crippen LogP contribution >= 0.6 is 0 Å². The molecule has 1 nitrogen and oxygen atoms in total. The molecule has 2 aromatic rings. The Balaban J connectivity index is 0.00000176. The van der Waals surface area contributed by atoms with Gasteiger partial charge < -0.3 is 28.5 Å². The van der Waals surface area contributed by atoms with Crippen molar-refractivity contribution in [2.45, 2.75) is 32.2 Å². The summed E-state index contributed by atoms with van der Waals surface area (Å²) in [4.78, 5) is 0. The van der Waals surface area contributed by atoms with E-state index in [0.717, 1.165) is 4.48 Å². The van der Waals surface area contributed by atoms with Crippen molar-refractivity contribution in [2.75, 3.05) is 13.2 Å². The normalized spacial score (nSPS) is 23.7. The predicted molar refractivity (Wildman–Crippen MR) is 92.8 cm³/mol. The Labute approximate surface area is 153 Å². The topological polar surface area (TPSA) is 0 Å². The fraction of sp³-hybridized carbons (Fsp3) is 0.368. The summed E-state index contributed by atoms with van der Waals surface area (Å²) < 4.78 is 1.14. The van der Waals surface area contributed by atoms with Gasteiger partial charge in [0, 0.05) is 16.7 Å². The number of fused-ring (bicyclic) bond motifs is 1. The molecule has 3 rings (SSSR count). The summed E-state index contributed by atoms with van der Waals surface area (Å²) in [5.74, 6) is 0. The van der Waals surface area contributed by atoms with Crippen molar-refractivity contribution in [3.05, 3.63) is 71.3 Å². The van der Waals surface area contributed by atoms with Crippen LogP contribution in [-0.4, -0.2) is 25.8 Å². The molecule has 0 amide bonds. The van der Waals surface area contributed by atoms with Gasteiger partial charge in [-0.25, -0.2) is 0 Å². The Morgan fingerprint density at radius 2 is 1.55 bits per heavy atom. The van der Waals surface area contributed by atoms with Gasteiger partial charge in [0.1, 0.15) is 20.7 Å². The molecule has 0 unspecified atom stereocenters. The van der Waals surface area contributed by atoms with Crippen molar-refractivity contribution in [1.82, 2.24) is 0 Å². The van der Waals surface area contributed by atoms with Gasteiger partial charge in [0.05, 0.1) is 13.2 Å². The first-order chi connectivity index (χ1) is 9.89. The Morgan fingerprint density at radius 1 is 0.955 bits per heavy atom. The molecule has 0 bridgehead atoms. The number of halogens is 1. The molecule has 0 fully saturated rings. The summed E-state index contributed by atoms with van der Waals surface area (Å²) in [5, 5.41) is 0. The van der Waals surface area contributed by atoms with Crippen molar-refractivity contribution < 1.29 is 28.5 Å². The average molecular weight is 423 g/mol. The molecule has 1 aliphatic rings. The van der Waals surface area contributed by atoms with Gasteiger partial charge in [0.2, 0.25) is 0 Å². The standard InChI is InChI=1S/C19H26NSi.HI/c1-20(15-21(2,3)4)14-17-12-8-9-13-18(17)19(20)16-10-6-5-7-11-16;/h5-13,19H,14-15H2,1-4H3;1H/q+1;/p-1/t19-,20-;/m0./s1. The molecule has 2 atom stereocenters. The van der Waals surface area contributed by atoms with Crippen molar-refractivity contribution in [3.63, 3.8) is 0 Å². The zero-order chi connectivity index (χ0) is 15.1. The minimum absolute atomic E-state index is 0. The molecule has 1 aliphatic heterocycles. The highest BCUT2D eigenvalue weighted by atomic mass is 127. The van der Waals surface area contributed by atoms with E-state index in [1.54, 1.807) is 0 Å². The zero-order valence-electron chi connectivity index (χ0n) is 14.0. The quantitative estimate of drug-likeness (QED) is 0.400. The van der Waals surface area contributed by atoms with Gasteiger partial charge in [-0.15, -0.1) is 0 Å². The third kappa shape index (κ3) is 3.47. The molecule has 0 aromatic heterocycles. The summed E-state index contributed by atoms with van der Waals surface area (Å²) >= 11 is 0. The largest absolute Gasteiger partial charge is 1.00 e. The van der Waals surface area contributed by atoms with Crippen molar-refractivity contribution in [2.24, 2.45) is 0 Å². The molecule has 0 saturated heterocycles. The first kappa shape index (κ1) is 17.7. The summed E-state index contributed by atoms with van der Waals surface area (Å²) in [6, 6.07) is 20.6. The Kier molecular flexibility index (Phi) is 5.19. The van der Waals surface area contributed by atoms with E-state index in [-0.39, 0.29) is 24.0 Å². The first-order valence-electron chi connectivity index (χ1n) is 7.86. The number of quaternary nitrogens is 1. The molecule has 2 aromatic carbocycles. The summed E-state index contributed by atoms with van der Waals surface area (Å²) in [5.41, 5.74) is 4.53. The lowest BCUT2D eigenvalue weighted by Crippen LogP contribution is -3.00. The van der Waals surface area contributed by atoms with Crippen LogP contribution in [-0.2, 0) is 6.54 Å². The van der Waals surface area contributed by atoms with Gasteiger partial charge in [-0.2, -0.15) is 0 Å². The highest BCUT2D eigenvalue weighted by molar-refractivity contribution is 6.76. The van der Waals surface area contributed by atoms with Gasteiger partial charge in [-0.3, -0.25) is 0 Å². The molecule has 0 radical (unpaired) electrons. The highest BCUT2D eigenvalue weighted by Gasteiger charge is 2.45. The lowest BCUT2D eigenvalue weighted by Gasteiger charge is -2.40. The second-order valence-corrected chi connectivity index (χ2v) is 13.3. The van der Waals surface area contributed by atoms with E-state index in [2.05, 4.69) is 81.3 Å². The third-order valence-corrected chi connectivity index (χ3v) is 6.13. The van der Waals surface area contributed by atoms with Crippen LogP contribution in [0.1, 0.15) is 22.7 Å². The molecule has 0 saturated carbocycles. The number of hydrogen-bond acceptors (Lipinski definition) is 0. The van der Waals surface area contributed by atoms with E-state index in [1.807, 2.05) is 0 Å². The van der Waals surface area contributed by atoms with Crippen LogP contribution in [0.4, 0.5) is 0 Å². The van der Waals surface area contributed by atoms with E-state index in [9.17, 15) is 0 Å². The number of nitrogens with zero attached hydrogens (tertiary/aromatic N) is 1. The summed E-state index contributed by atoms with van der Waals surface area (Å²) in [6.45, 7) is 8.63. The zero-order valence-corrected chi connectivity index (χ0v) is 17.2. The van der Waals surface area contributed by atoms with Crippen LogP contribution in [0.3, 0.4) is 0 Å². The second kappa shape index (κ2) is 6.46. The smallest absolute Gasteiger partial charge is 0.141 e. The van der Waals surface area contributed by atoms with E-state index in [4.69, 9.17) is 0 Å². The third-order valence-electron chi connectivity index (χ3n) is 4.46. The lowest BCUT2D eigenvalue weighted by molar-refractivity contribution is -0.930. The molecule has 0 spiro atoms. The van der Waals surface area contributed by atoms with Crippen molar-refractivity contribution in [3.8, 4) is 0 Å². The number of hydrogen-bond donors (Lipinski definition) is 0. The second-order valence-electron chi connectivity index (χ2n) is 7.87. The van der Waals surface area contributed by atoms with Crippen LogP contribution in [0.5, 0.6) is 0 Å². The fourth-order valence-corrected chi connectivity index (χ4v) is 6.63. The molecule has 118 valence electrons. The maximum Gasteiger partial charge on any atom is 0.141 e. The summed E-state index contributed by atoms with van der Waals surface area (Å²) in [7, 11) is 1.32. The van der Waals surface area contributed by atoms with Crippen LogP contribution in [0.15, 0.2) is 54.6 Å². The number of rotatable bonds is 3. The molecule has 0 aliphatic carbocycles. The van der Waals surface area contributed by atoms with E-state index in [1.165, 1.54) is 29.4 Å². The molecule has 0 N–H and O–H groups in total. The fourth-order valence-electron chi connectivity index (χ4n) is 4.17. The highest BCUT2D eigenvalue weighted by Crippen LogP contribution is 2.43. The first-order valence-corrected chi connectivity index (χ1v) is 11.6. The van der Waals surface area contributed by atoms with E-state index < -0.39 is 8.07 Å². The van der Waals surface area contributed by atoms with E-state index >= 15 is 0 Å². The monoisotopic (exact) mass is 423 g/mol. The Hall–Kier alpha value is -0.653. The van der Waals surface area contributed by atoms with Crippen LogP contribution in [0, 0.1) is 0 Å².